The van der Waals surface area contributed by atoms with Gasteiger partial charge in [-0.1, -0.05) is 12.1 Å². The van der Waals surface area contributed by atoms with Crippen molar-refractivity contribution in [1.82, 2.24) is 0 Å². The first-order valence-electron chi connectivity index (χ1n) is 6.21. The van der Waals surface area contributed by atoms with Crippen LogP contribution in [0.5, 0.6) is 5.75 Å². The smallest absolute Gasteiger partial charge is 0.346 e. The van der Waals surface area contributed by atoms with Crippen LogP contribution in [0.3, 0.4) is 0 Å². The summed E-state index contributed by atoms with van der Waals surface area (Å²) in [4.78, 5) is 21.1. The van der Waals surface area contributed by atoms with Gasteiger partial charge in [0.15, 0.2) is 0 Å². The third kappa shape index (κ3) is 5.36. The van der Waals surface area contributed by atoms with Crippen LogP contribution in [-0.2, 0) is 20.9 Å². The van der Waals surface area contributed by atoms with E-state index in [1.165, 1.54) is 19.2 Å². The fraction of sp³-hybridized carbons (Fsp3) is 0.462. The quantitative estimate of drug-likeness (QED) is 0.599. The molecule has 0 N–H and O–H groups in total. The van der Waals surface area contributed by atoms with Crippen LogP contribution in [0.25, 0.3) is 0 Å². The summed E-state index contributed by atoms with van der Waals surface area (Å²) in [6.07, 6.45) is -2.28. The lowest BCUT2D eigenvalue weighted by Gasteiger charge is -2.16. The molecule has 0 spiro atoms. The Balaban J connectivity index is 2.80. The van der Waals surface area contributed by atoms with Crippen molar-refractivity contribution in [3.05, 3.63) is 29.8 Å². The molecular weight excluding hydrogens is 220 g/mol. The number of hydrogen-bond acceptors (Lipinski definition) is 4. The lowest BCUT2D eigenvalue weighted by molar-refractivity contribution is -0.320. The maximum atomic E-state index is 11.7. The molecule has 17 heavy (non-hydrogen) atoms. The fourth-order valence-electron chi connectivity index (χ4n) is 0.976. The van der Waals surface area contributed by atoms with Gasteiger partial charge in [-0.25, -0.2) is 4.79 Å². The normalized spacial score (nSPS) is 13.6. The monoisotopic (exact) mass is 240 g/mol. The first-order chi connectivity index (χ1) is 8.66. The average molecular weight is 240 g/mol. The SMILES string of the molecule is [2H]C([2H])(C(=O)OOC(C)(C)C)c1ccc(OC)cc1. The Labute approximate surface area is 104 Å². The lowest BCUT2D eigenvalue weighted by atomic mass is 10.1. The Morgan fingerprint density at radius 1 is 1.29 bits per heavy atom. The Morgan fingerprint density at radius 3 is 2.35 bits per heavy atom. The van der Waals surface area contributed by atoms with Gasteiger partial charge >= 0.3 is 5.97 Å². The number of hydrogen-bond donors (Lipinski definition) is 0. The molecule has 1 aromatic rings. The first kappa shape index (κ1) is 10.6. The van der Waals surface area contributed by atoms with Crippen LogP contribution in [0.1, 0.15) is 29.1 Å². The molecule has 4 heteroatoms. The highest BCUT2D eigenvalue weighted by molar-refractivity contribution is 5.72. The highest BCUT2D eigenvalue weighted by Gasteiger charge is 2.15. The van der Waals surface area contributed by atoms with Gasteiger partial charge in [0.2, 0.25) is 0 Å². The van der Waals surface area contributed by atoms with Crippen LogP contribution in [0.2, 0.25) is 0 Å². The average Bonchev–Trinajstić information content (AvgIpc) is 2.35. The van der Waals surface area contributed by atoms with Crippen LogP contribution < -0.4 is 4.74 Å². The standard InChI is InChI=1S/C13H18O4/c1-13(2,3)17-16-12(14)9-10-5-7-11(15-4)8-6-10/h5-8H,9H2,1-4H3/i9D2. The zero-order valence-electron chi connectivity index (χ0n) is 12.4. The van der Waals surface area contributed by atoms with Gasteiger partial charge in [0.05, 0.1) is 13.5 Å². The van der Waals surface area contributed by atoms with Crippen LogP contribution in [-0.4, -0.2) is 18.7 Å². The Hall–Kier alpha value is -1.55. The molecular formula is C13H18O4. The number of carbonyl (C=O) groups is 1. The molecule has 0 aromatic heterocycles. The van der Waals surface area contributed by atoms with E-state index < -0.39 is 17.9 Å². The van der Waals surface area contributed by atoms with E-state index in [2.05, 4.69) is 4.89 Å². The molecule has 0 unspecified atom stereocenters. The van der Waals surface area contributed by atoms with Gasteiger partial charge in [-0.2, -0.15) is 4.89 Å². The summed E-state index contributed by atoms with van der Waals surface area (Å²) in [6, 6.07) is 6.09. The van der Waals surface area contributed by atoms with Crippen molar-refractivity contribution in [2.24, 2.45) is 0 Å². The second kappa shape index (κ2) is 5.68. The van der Waals surface area contributed by atoms with Gasteiger partial charge in [-0.3, -0.25) is 4.89 Å². The molecule has 1 rings (SSSR count). The Kier molecular flexibility index (Phi) is 3.54. The van der Waals surface area contributed by atoms with E-state index >= 15 is 0 Å². The molecule has 0 bridgehead atoms. The summed E-state index contributed by atoms with van der Waals surface area (Å²) in [5.41, 5.74) is -0.512. The highest BCUT2D eigenvalue weighted by Crippen LogP contribution is 2.13. The molecule has 94 valence electrons. The van der Waals surface area contributed by atoms with E-state index in [1.54, 1.807) is 32.9 Å². The summed E-state index contributed by atoms with van der Waals surface area (Å²) in [6.45, 7) is 5.09. The van der Waals surface area contributed by atoms with E-state index in [0.29, 0.717) is 5.75 Å². The summed E-state index contributed by atoms with van der Waals surface area (Å²) >= 11 is 0. The molecule has 0 amide bonds. The Morgan fingerprint density at radius 2 is 1.88 bits per heavy atom. The van der Waals surface area contributed by atoms with Gasteiger partial charge in [0.1, 0.15) is 11.4 Å². The van der Waals surface area contributed by atoms with Gasteiger partial charge in [-0.05, 0) is 38.5 Å². The zero-order valence-corrected chi connectivity index (χ0v) is 10.4. The van der Waals surface area contributed by atoms with Crippen molar-refractivity contribution >= 4 is 5.97 Å². The van der Waals surface area contributed by atoms with E-state index in [9.17, 15) is 4.79 Å². The topological polar surface area (TPSA) is 44.8 Å². The summed E-state index contributed by atoms with van der Waals surface area (Å²) in [7, 11) is 1.51. The number of ether oxygens (including phenoxy) is 1. The number of carbonyl (C=O) groups excluding carboxylic acids is 1. The van der Waals surface area contributed by atoms with Gasteiger partial charge in [0, 0.05) is 2.74 Å². The van der Waals surface area contributed by atoms with Crippen LogP contribution in [0, 0.1) is 0 Å². The minimum absolute atomic E-state index is 0.177. The van der Waals surface area contributed by atoms with Crippen LogP contribution in [0.4, 0.5) is 0 Å². The molecule has 4 nitrogen and oxygen atoms in total. The zero-order chi connectivity index (χ0) is 14.7. The second-order valence-electron chi connectivity index (χ2n) is 4.42. The molecule has 1 aromatic carbocycles. The predicted molar refractivity (Wildman–Crippen MR) is 63.6 cm³/mol. The van der Waals surface area contributed by atoms with Crippen LogP contribution >= 0.6 is 0 Å². The van der Waals surface area contributed by atoms with Gasteiger partial charge in [0.25, 0.3) is 0 Å². The van der Waals surface area contributed by atoms with Crippen molar-refractivity contribution in [2.45, 2.75) is 32.7 Å². The third-order valence-electron chi connectivity index (χ3n) is 1.70. The van der Waals surface area contributed by atoms with Crippen molar-refractivity contribution in [3.63, 3.8) is 0 Å². The minimum atomic E-state index is -2.28. The highest BCUT2D eigenvalue weighted by atomic mass is 17.2. The molecule has 0 saturated carbocycles. The molecule has 0 radical (unpaired) electrons. The fourth-order valence-corrected chi connectivity index (χ4v) is 0.976. The number of benzene rings is 1. The van der Waals surface area contributed by atoms with Gasteiger partial charge < -0.3 is 4.74 Å². The van der Waals surface area contributed by atoms with E-state index in [4.69, 9.17) is 12.4 Å². The minimum Gasteiger partial charge on any atom is -0.497 e. The summed E-state index contributed by atoms with van der Waals surface area (Å²) in [5, 5.41) is 0. The molecule has 0 fully saturated rings. The van der Waals surface area contributed by atoms with Crippen molar-refractivity contribution in [1.29, 1.82) is 0 Å². The maximum Gasteiger partial charge on any atom is 0.346 e. The van der Waals surface area contributed by atoms with Crippen molar-refractivity contribution < 1.29 is 22.0 Å². The predicted octanol–water partition coefficient (Wildman–Crippen LogP) is 2.51. The van der Waals surface area contributed by atoms with Crippen LogP contribution in [0.15, 0.2) is 24.3 Å². The third-order valence-corrected chi connectivity index (χ3v) is 1.70. The first-order valence-corrected chi connectivity index (χ1v) is 5.21. The van der Waals surface area contributed by atoms with E-state index in [1.807, 2.05) is 0 Å². The maximum absolute atomic E-state index is 11.7. The summed E-state index contributed by atoms with van der Waals surface area (Å²) < 4.78 is 20.5. The largest absolute Gasteiger partial charge is 0.497 e. The van der Waals surface area contributed by atoms with Crippen molar-refractivity contribution in [3.8, 4) is 5.75 Å². The molecule has 0 heterocycles. The van der Waals surface area contributed by atoms with E-state index in [-0.39, 0.29) is 5.56 Å². The van der Waals surface area contributed by atoms with Crippen molar-refractivity contribution in [2.75, 3.05) is 7.11 Å². The summed E-state index contributed by atoms with van der Waals surface area (Å²) in [5.74, 6) is -0.508. The second-order valence-corrected chi connectivity index (χ2v) is 4.42. The Bertz CT molecular complexity index is 435. The molecule has 0 aliphatic carbocycles. The molecule has 0 saturated heterocycles. The number of methoxy groups -OCH3 is 1. The molecule has 0 atom stereocenters. The molecule has 0 aliphatic heterocycles. The molecule has 0 aliphatic rings. The van der Waals surface area contributed by atoms with Gasteiger partial charge in [-0.15, -0.1) is 0 Å². The van der Waals surface area contributed by atoms with E-state index in [0.717, 1.165) is 0 Å². The lowest BCUT2D eigenvalue weighted by Crippen LogP contribution is -2.22. The number of rotatable bonds is 4.